The fourth-order valence-corrected chi connectivity index (χ4v) is 3.70. The Morgan fingerprint density at radius 1 is 0.952 bits per heavy atom. The Kier molecular flexibility index (Phi) is 6.97. The third-order valence-electron chi connectivity index (χ3n) is 5.05. The van der Waals surface area contributed by atoms with Gasteiger partial charge in [0, 0.05) is 13.2 Å². The van der Waals surface area contributed by atoms with Crippen molar-refractivity contribution in [2.45, 2.75) is 82.5 Å². The summed E-state index contributed by atoms with van der Waals surface area (Å²) >= 11 is 0. The minimum absolute atomic E-state index is 0.0428. The third kappa shape index (κ3) is 5.26. The van der Waals surface area contributed by atoms with E-state index in [9.17, 15) is 4.79 Å². The maximum Gasteiger partial charge on any atom is 0.320 e. The lowest BCUT2D eigenvalue weighted by molar-refractivity contribution is -0.160. The molecule has 0 spiro atoms. The van der Waals surface area contributed by atoms with Gasteiger partial charge < -0.3 is 9.47 Å². The summed E-state index contributed by atoms with van der Waals surface area (Å²) in [4.78, 5) is 14.4. The molecule has 4 nitrogen and oxygen atoms in total. The smallest absolute Gasteiger partial charge is 0.320 e. The molecule has 0 radical (unpaired) electrons. The summed E-state index contributed by atoms with van der Waals surface area (Å²) in [5.41, 5.74) is 0. The zero-order valence-electron chi connectivity index (χ0n) is 13.7. The average Bonchev–Trinajstić information content (AvgIpc) is 2.76. The highest BCUT2D eigenvalue weighted by molar-refractivity contribution is 5.72. The van der Waals surface area contributed by atoms with E-state index in [0.29, 0.717) is 12.6 Å². The van der Waals surface area contributed by atoms with Gasteiger partial charge in [-0.3, -0.25) is 9.69 Å². The molecule has 2 saturated carbocycles. The molecule has 21 heavy (non-hydrogen) atoms. The standard InChI is InChI=1S/C17H31NO3/c1-18(14-9-5-3-4-6-10-14)13-17(19)21-16-12-8-7-11-15(16)20-2/h14-16H,3-13H2,1-2H3/t15-,16-/m0/s1. The van der Waals surface area contributed by atoms with E-state index in [-0.39, 0.29) is 18.2 Å². The van der Waals surface area contributed by atoms with Crippen LogP contribution < -0.4 is 0 Å². The van der Waals surface area contributed by atoms with Crippen molar-refractivity contribution in [1.82, 2.24) is 4.90 Å². The maximum absolute atomic E-state index is 12.2. The van der Waals surface area contributed by atoms with Crippen LogP contribution in [0.25, 0.3) is 0 Å². The number of likely N-dealkylation sites (N-methyl/N-ethyl adjacent to an activating group) is 1. The van der Waals surface area contributed by atoms with E-state index >= 15 is 0 Å². The monoisotopic (exact) mass is 297 g/mol. The Labute approximate surface area is 129 Å². The molecule has 2 rings (SSSR count). The molecular formula is C17H31NO3. The van der Waals surface area contributed by atoms with Crippen LogP contribution in [0.3, 0.4) is 0 Å². The largest absolute Gasteiger partial charge is 0.459 e. The third-order valence-corrected chi connectivity index (χ3v) is 5.05. The highest BCUT2D eigenvalue weighted by atomic mass is 16.6. The van der Waals surface area contributed by atoms with Gasteiger partial charge in [-0.2, -0.15) is 0 Å². The molecule has 4 heteroatoms. The molecular weight excluding hydrogens is 266 g/mol. The summed E-state index contributed by atoms with van der Waals surface area (Å²) in [7, 11) is 3.78. The van der Waals surface area contributed by atoms with E-state index < -0.39 is 0 Å². The Morgan fingerprint density at radius 2 is 1.52 bits per heavy atom. The van der Waals surface area contributed by atoms with Gasteiger partial charge in [0.05, 0.1) is 12.6 Å². The van der Waals surface area contributed by atoms with Crippen molar-refractivity contribution in [3.63, 3.8) is 0 Å². The summed E-state index contributed by atoms with van der Waals surface area (Å²) < 4.78 is 11.1. The molecule has 2 fully saturated rings. The van der Waals surface area contributed by atoms with Crippen LogP contribution in [0.2, 0.25) is 0 Å². The fraction of sp³-hybridized carbons (Fsp3) is 0.941. The minimum Gasteiger partial charge on any atom is -0.459 e. The number of ether oxygens (including phenoxy) is 2. The molecule has 0 aromatic heterocycles. The average molecular weight is 297 g/mol. The second-order valence-corrected chi connectivity index (χ2v) is 6.65. The molecule has 2 atom stereocenters. The number of carbonyl (C=O) groups is 1. The molecule has 2 aliphatic carbocycles. The quantitative estimate of drug-likeness (QED) is 0.577. The predicted octanol–water partition coefficient (Wildman–Crippen LogP) is 3.14. The lowest BCUT2D eigenvalue weighted by atomic mass is 9.94. The number of carbonyl (C=O) groups excluding carboxylic acids is 1. The van der Waals surface area contributed by atoms with Crippen molar-refractivity contribution < 1.29 is 14.3 Å². The topological polar surface area (TPSA) is 38.8 Å². The lowest BCUT2D eigenvalue weighted by Crippen LogP contribution is -2.41. The first-order valence-corrected chi connectivity index (χ1v) is 8.63. The molecule has 0 saturated heterocycles. The number of nitrogens with zero attached hydrogens (tertiary/aromatic N) is 1. The first-order chi connectivity index (χ1) is 10.2. The van der Waals surface area contributed by atoms with E-state index in [4.69, 9.17) is 9.47 Å². The van der Waals surface area contributed by atoms with Crippen molar-refractivity contribution in [3.8, 4) is 0 Å². The minimum atomic E-state index is -0.0873. The summed E-state index contributed by atoms with van der Waals surface area (Å²) in [5.74, 6) is -0.0873. The number of hydrogen-bond acceptors (Lipinski definition) is 4. The SMILES string of the molecule is CO[C@H]1CCCC[C@@H]1OC(=O)CN(C)C1CCCCCC1. The van der Waals surface area contributed by atoms with Crippen molar-refractivity contribution >= 4 is 5.97 Å². The molecule has 0 aromatic carbocycles. The maximum atomic E-state index is 12.2. The molecule has 0 unspecified atom stereocenters. The van der Waals surface area contributed by atoms with E-state index in [1.54, 1.807) is 7.11 Å². The van der Waals surface area contributed by atoms with Gasteiger partial charge in [-0.25, -0.2) is 0 Å². The van der Waals surface area contributed by atoms with Crippen LogP contribution in [0.1, 0.15) is 64.2 Å². The van der Waals surface area contributed by atoms with Crippen molar-refractivity contribution in [3.05, 3.63) is 0 Å². The van der Waals surface area contributed by atoms with E-state index in [1.165, 1.54) is 44.9 Å². The zero-order valence-corrected chi connectivity index (χ0v) is 13.7. The summed E-state index contributed by atoms with van der Waals surface area (Å²) in [6.45, 7) is 0.414. The van der Waals surface area contributed by atoms with Crippen LogP contribution in [-0.4, -0.2) is 49.8 Å². The van der Waals surface area contributed by atoms with Crippen LogP contribution in [0.4, 0.5) is 0 Å². The van der Waals surface area contributed by atoms with Crippen molar-refractivity contribution in [2.24, 2.45) is 0 Å². The second-order valence-electron chi connectivity index (χ2n) is 6.65. The van der Waals surface area contributed by atoms with Crippen LogP contribution in [-0.2, 0) is 14.3 Å². The van der Waals surface area contributed by atoms with Gasteiger partial charge >= 0.3 is 5.97 Å². The fourth-order valence-electron chi connectivity index (χ4n) is 3.70. The highest BCUT2D eigenvalue weighted by Gasteiger charge is 2.29. The summed E-state index contributed by atoms with van der Waals surface area (Å²) in [6, 6.07) is 0.546. The number of hydrogen-bond donors (Lipinski definition) is 0. The first kappa shape index (κ1) is 16.8. The molecule has 0 amide bonds. The molecule has 122 valence electrons. The van der Waals surface area contributed by atoms with E-state index in [2.05, 4.69) is 11.9 Å². The van der Waals surface area contributed by atoms with Gasteiger partial charge in [0.1, 0.15) is 6.10 Å². The van der Waals surface area contributed by atoms with Crippen LogP contribution in [0.5, 0.6) is 0 Å². The van der Waals surface area contributed by atoms with Gasteiger partial charge in [0.25, 0.3) is 0 Å². The Balaban J connectivity index is 1.77. The summed E-state index contributed by atoms with van der Waals surface area (Å²) in [6.07, 6.45) is 12.0. The normalized spacial score (nSPS) is 28.3. The zero-order chi connectivity index (χ0) is 15.1. The van der Waals surface area contributed by atoms with Crippen molar-refractivity contribution in [1.29, 1.82) is 0 Å². The molecule has 0 N–H and O–H groups in total. The number of methoxy groups -OCH3 is 1. The van der Waals surface area contributed by atoms with Gasteiger partial charge in [-0.1, -0.05) is 32.1 Å². The van der Waals surface area contributed by atoms with Gasteiger partial charge in [-0.05, 0) is 39.2 Å². The summed E-state index contributed by atoms with van der Waals surface area (Å²) in [5, 5.41) is 0. The van der Waals surface area contributed by atoms with Gasteiger partial charge in [0.15, 0.2) is 0 Å². The second kappa shape index (κ2) is 8.74. The van der Waals surface area contributed by atoms with Crippen LogP contribution in [0, 0.1) is 0 Å². The van der Waals surface area contributed by atoms with E-state index in [1.807, 2.05) is 0 Å². The van der Waals surface area contributed by atoms with Crippen LogP contribution >= 0.6 is 0 Å². The Bertz CT molecular complexity index is 313. The highest BCUT2D eigenvalue weighted by Crippen LogP contribution is 2.24. The molecule has 0 bridgehead atoms. The van der Waals surface area contributed by atoms with E-state index in [0.717, 1.165) is 19.3 Å². The molecule has 2 aliphatic rings. The van der Waals surface area contributed by atoms with Gasteiger partial charge in [-0.15, -0.1) is 0 Å². The Hall–Kier alpha value is -0.610. The van der Waals surface area contributed by atoms with Crippen LogP contribution in [0.15, 0.2) is 0 Å². The Morgan fingerprint density at radius 3 is 2.14 bits per heavy atom. The number of rotatable bonds is 5. The molecule has 0 aliphatic heterocycles. The molecule has 0 aromatic rings. The van der Waals surface area contributed by atoms with Gasteiger partial charge in [0.2, 0.25) is 0 Å². The lowest BCUT2D eigenvalue weighted by Gasteiger charge is -2.31. The van der Waals surface area contributed by atoms with Crippen molar-refractivity contribution in [2.75, 3.05) is 20.7 Å². The first-order valence-electron chi connectivity index (χ1n) is 8.63. The predicted molar refractivity (Wildman–Crippen MR) is 83.3 cm³/mol. The number of esters is 1. The molecule has 0 heterocycles.